The molecule has 166 valence electrons. The maximum Gasteiger partial charge on any atom is 0.309 e. The Balaban J connectivity index is 1.61. The molecule has 0 amide bonds. The van der Waals surface area contributed by atoms with E-state index in [4.69, 9.17) is 33.2 Å². The lowest BCUT2D eigenvalue weighted by molar-refractivity contribution is -0.141. The zero-order chi connectivity index (χ0) is 21.8. The highest BCUT2D eigenvalue weighted by molar-refractivity contribution is 5.75. The number of benzene rings is 2. The Morgan fingerprint density at radius 1 is 0.968 bits per heavy atom. The molecule has 0 bridgehead atoms. The van der Waals surface area contributed by atoms with Crippen molar-refractivity contribution in [3.8, 4) is 23.0 Å². The molecule has 0 spiro atoms. The summed E-state index contributed by atoms with van der Waals surface area (Å²) in [7, 11) is 4.73. The fourth-order valence-electron chi connectivity index (χ4n) is 4.07. The Hall–Kier alpha value is -2.97. The highest BCUT2D eigenvalue weighted by atomic mass is 16.7. The first-order chi connectivity index (χ1) is 15.1. The third-order valence-electron chi connectivity index (χ3n) is 5.62. The largest absolute Gasteiger partial charge is 0.493 e. The molecule has 0 unspecified atom stereocenters. The number of carbonyl (C=O) groups excluding carboxylic acids is 1. The predicted molar refractivity (Wildman–Crippen MR) is 109 cm³/mol. The van der Waals surface area contributed by atoms with Gasteiger partial charge in [-0.25, -0.2) is 0 Å². The van der Waals surface area contributed by atoms with Crippen LogP contribution in [0.2, 0.25) is 0 Å². The molecule has 1 saturated heterocycles. The van der Waals surface area contributed by atoms with Gasteiger partial charge in [0.15, 0.2) is 23.0 Å². The number of esters is 1. The fraction of sp³-hybridized carbons (Fsp3) is 0.435. The predicted octanol–water partition coefficient (Wildman–Crippen LogP) is 3.13. The number of carbonyl (C=O) groups is 1. The second-order valence-electron chi connectivity index (χ2n) is 7.40. The number of ether oxygens (including phenoxy) is 7. The van der Waals surface area contributed by atoms with E-state index in [1.165, 1.54) is 0 Å². The SMILES string of the molecule is COCO[C@H](c1ccc(OC)c(OC)c1)[C@H]1COC(=O)[C@@H]1Cc1ccc2c(c1)OCO2. The molecule has 8 heteroatoms. The lowest BCUT2D eigenvalue weighted by Crippen LogP contribution is -2.27. The highest BCUT2D eigenvalue weighted by Crippen LogP contribution is 2.41. The molecule has 0 saturated carbocycles. The Kier molecular flexibility index (Phi) is 6.48. The average Bonchev–Trinajstić information content (AvgIpc) is 3.40. The normalized spacial score (nSPS) is 20.4. The first-order valence-electron chi connectivity index (χ1n) is 10.0. The van der Waals surface area contributed by atoms with Gasteiger partial charge in [-0.1, -0.05) is 12.1 Å². The zero-order valence-electron chi connectivity index (χ0n) is 17.8. The Morgan fingerprint density at radius 2 is 1.77 bits per heavy atom. The van der Waals surface area contributed by atoms with Crippen molar-refractivity contribution in [2.24, 2.45) is 11.8 Å². The van der Waals surface area contributed by atoms with Crippen LogP contribution >= 0.6 is 0 Å². The van der Waals surface area contributed by atoms with Gasteiger partial charge in [-0.05, 0) is 41.8 Å². The van der Waals surface area contributed by atoms with Gasteiger partial charge in [-0.2, -0.15) is 0 Å². The molecule has 4 rings (SSSR count). The summed E-state index contributed by atoms with van der Waals surface area (Å²) in [5.74, 6) is 1.78. The van der Waals surface area contributed by atoms with E-state index in [1.807, 2.05) is 36.4 Å². The Labute approximate surface area is 180 Å². The molecule has 2 aromatic carbocycles. The first-order valence-corrected chi connectivity index (χ1v) is 10.0. The minimum Gasteiger partial charge on any atom is -0.493 e. The molecule has 0 radical (unpaired) electrons. The monoisotopic (exact) mass is 430 g/mol. The first kappa shape index (κ1) is 21.3. The van der Waals surface area contributed by atoms with Crippen molar-refractivity contribution in [1.29, 1.82) is 0 Å². The number of cyclic esters (lactones) is 1. The van der Waals surface area contributed by atoms with E-state index in [0.717, 1.165) is 11.1 Å². The standard InChI is InChI=1S/C23H26O8/c1-25-12-31-22(15-5-7-18(26-2)20(10-15)27-3)17-11-28-23(24)16(17)8-14-4-6-19-21(9-14)30-13-29-19/h4-7,9-10,16-17,22H,8,11-13H2,1-3H3/t16-,17+,22-/m1/s1. The molecule has 0 aliphatic carbocycles. The van der Waals surface area contributed by atoms with Crippen molar-refractivity contribution >= 4 is 5.97 Å². The molecule has 31 heavy (non-hydrogen) atoms. The van der Waals surface area contributed by atoms with E-state index in [9.17, 15) is 4.79 Å². The summed E-state index contributed by atoms with van der Waals surface area (Å²) in [5, 5.41) is 0. The fourth-order valence-corrected chi connectivity index (χ4v) is 4.07. The van der Waals surface area contributed by atoms with Gasteiger partial charge in [0, 0.05) is 13.0 Å². The van der Waals surface area contributed by atoms with Crippen LogP contribution in [0.1, 0.15) is 17.2 Å². The second kappa shape index (κ2) is 9.45. The van der Waals surface area contributed by atoms with Crippen molar-refractivity contribution in [3.63, 3.8) is 0 Å². The van der Waals surface area contributed by atoms with E-state index in [1.54, 1.807) is 21.3 Å². The average molecular weight is 430 g/mol. The summed E-state index contributed by atoms with van der Waals surface area (Å²) in [6.45, 7) is 0.552. The molecule has 2 aromatic rings. The van der Waals surface area contributed by atoms with Gasteiger partial charge in [0.25, 0.3) is 0 Å². The lowest BCUT2D eigenvalue weighted by Gasteiger charge is -2.27. The van der Waals surface area contributed by atoms with Crippen molar-refractivity contribution in [1.82, 2.24) is 0 Å². The number of rotatable bonds is 9. The van der Waals surface area contributed by atoms with Crippen LogP contribution in [0.15, 0.2) is 36.4 Å². The van der Waals surface area contributed by atoms with Gasteiger partial charge < -0.3 is 33.2 Å². The van der Waals surface area contributed by atoms with Crippen molar-refractivity contribution < 1.29 is 38.0 Å². The number of hydrogen-bond donors (Lipinski definition) is 0. The van der Waals surface area contributed by atoms with Crippen LogP contribution in [0, 0.1) is 11.8 Å². The van der Waals surface area contributed by atoms with E-state index in [-0.39, 0.29) is 38.0 Å². The molecule has 0 N–H and O–H groups in total. The molecule has 8 nitrogen and oxygen atoms in total. The number of hydrogen-bond acceptors (Lipinski definition) is 8. The second-order valence-corrected chi connectivity index (χ2v) is 7.40. The lowest BCUT2D eigenvalue weighted by atomic mass is 9.82. The Morgan fingerprint density at radius 3 is 2.55 bits per heavy atom. The van der Waals surface area contributed by atoms with Crippen LogP contribution in [0.3, 0.4) is 0 Å². The van der Waals surface area contributed by atoms with Gasteiger partial charge in [0.1, 0.15) is 6.79 Å². The highest BCUT2D eigenvalue weighted by Gasteiger charge is 2.43. The van der Waals surface area contributed by atoms with Crippen LogP contribution < -0.4 is 18.9 Å². The van der Waals surface area contributed by atoms with Crippen molar-refractivity contribution in [2.45, 2.75) is 12.5 Å². The summed E-state index contributed by atoms with van der Waals surface area (Å²) in [5.41, 5.74) is 1.82. The maximum atomic E-state index is 12.6. The van der Waals surface area contributed by atoms with Crippen LogP contribution in [0.25, 0.3) is 0 Å². The topological polar surface area (TPSA) is 81.7 Å². The van der Waals surface area contributed by atoms with Gasteiger partial charge >= 0.3 is 5.97 Å². The van der Waals surface area contributed by atoms with Crippen LogP contribution in [0.4, 0.5) is 0 Å². The van der Waals surface area contributed by atoms with E-state index in [2.05, 4.69) is 0 Å². The summed E-state index contributed by atoms with van der Waals surface area (Å²) in [6, 6.07) is 11.3. The molecule has 2 aliphatic rings. The molecule has 2 aliphatic heterocycles. The molecule has 0 aromatic heterocycles. The molecular formula is C23H26O8. The van der Waals surface area contributed by atoms with E-state index in [0.29, 0.717) is 29.4 Å². The third-order valence-corrected chi connectivity index (χ3v) is 5.62. The van der Waals surface area contributed by atoms with Gasteiger partial charge in [-0.15, -0.1) is 0 Å². The molecule has 2 heterocycles. The van der Waals surface area contributed by atoms with Crippen LogP contribution in [0.5, 0.6) is 23.0 Å². The summed E-state index contributed by atoms with van der Waals surface area (Å²) < 4.78 is 38.3. The van der Waals surface area contributed by atoms with Gasteiger partial charge in [-0.3, -0.25) is 4.79 Å². The quantitative estimate of drug-likeness (QED) is 0.443. The van der Waals surface area contributed by atoms with Crippen LogP contribution in [-0.4, -0.2) is 47.5 Å². The van der Waals surface area contributed by atoms with E-state index < -0.39 is 6.10 Å². The summed E-state index contributed by atoms with van der Waals surface area (Å²) in [6.07, 6.45) is 0.0745. The summed E-state index contributed by atoms with van der Waals surface area (Å²) in [4.78, 5) is 12.6. The van der Waals surface area contributed by atoms with Crippen molar-refractivity contribution in [3.05, 3.63) is 47.5 Å². The number of fused-ring (bicyclic) bond motifs is 1. The maximum absolute atomic E-state index is 12.6. The Bertz CT molecular complexity index is 928. The smallest absolute Gasteiger partial charge is 0.309 e. The summed E-state index contributed by atoms with van der Waals surface area (Å²) >= 11 is 0. The molecule has 3 atom stereocenters. The molecular weight excluding hydrogens is 404 g/mol. The number of methoxy groups -OCH3 is 3. The minimum atomic E-state index is -0.426. The van der Waals surface area contributed by atoms with Gasteiger partial charge in [0.05, 0.1) is 32.8 Å². The molecule has 1 fully saturated rings. The minimum absolute atomic E-state index is 0.0838. The zero-order valence-corrected chi connectivity index (χ0v) is 17.8. The van der Waals surface area contributed by atoms with Gasteiger partial charge in [0.2, 0.25) is 6.79 Å². The van der Waals surface area contributed by atoms with E-state index >= 15 is 0 Å². The van der Waals surface area contributed by atoms with Crippen LogP contribution in [-0.2, 0) is 25.4 Å². The third kappa shape index (κ3) is 4.40. The van der Waals surface area contributed by atoms with Crippen molar-refractivity contribution in [2.75, 3.05) is 41.5 Å².